The Bertz CT molecular complexity index is 866. The highest BCUT2D eigenvalue weighted by Gasteiger charge is 2.45. The Balaban J connectivity index is 1.82. The number of fused-ring (bicyclic) bond motifs is 1. The van der Waals surface area contributed by atoms with Crippen molar-refractivity contribution in [1.82, 2.24) is 19.5 Å². The number of nitrogens with one attached hydrogen (secondary N) is 1. The van der Waals surface area contributed by atoms with Gasteiger partial charge in [0.15, 0.2) is 23.2 Å². The van der Waals surface area contributed by atoms with Gasteiger partial charge in [-0.25, -0.2) is 19.5 Å². The fourth-order valence-corrected chi connectivity index (χ4v) is 3.59. The SMILES string of the molecule is C=CCNc1ncnc2c1ncn2[C@@H]1O[C@H](COP(=O)(O)SC)[C@@H](O)[C@H]1O. The monoisotopic (exact) mass is 417 g/mol. The van der Waals surface area contributed by atoms with E-state index < -0.39 is 31.3 Å². The summed E-state index contributed by atoms with van der Waals surface area (Å²) in [4.78, 5) is 22.0. The van der Waals surface area contributed by atoms with Crippen LogP contribution >= 0.6 is 18.2 Å². The van der Waals surface area contributed by atoms with Crippen molar-refractivity contribution in [3.05, 3.63) is 25.3 Å². The van der Waals surface area contributed by atoms with Gasteiger partial charge >= 0.3 is 6.80 Å². The molecule has 5 atom stereocenters. The van der Waals surface area contributed by atoms with Crippen molar-refractivity contribution < 1.29 is 28.9 Å². The summed E-state index contributed by atoms with van der Waals surface area (Å²) in [6, 6.07) is 0. The maximum Gasteiger partial charge on any atom is 0.386 e. The van der Waals surface area contributed by atoms with Crippen LogP contribution in [0.5, 0.6) is 0 Å². The van der Waals surface area contributed by atoms with Crippen molar-refractivity contribution in [3.8, 4) is 0 Å². The van der Waals surface area contributed by atoms with E-state index in [1.54, 1.807) is 6.08 Å². The van der Waals surface area contributed by atoms with Gasteiger partial charge < -0.3 is 25.2 Å². The van der Waals surface area contributed by atoms with Gasteiger partial charge in [-0.1, -0.05) is 6.08 Å². The van der Waals surface area contributed by atoms with Crippen molar-refractivity contribution in [2.24, 2.45) is 0 Å². The molecule has 3 heterocycles. The first-order valence-corrected chi connectivity index (χ1v) is 11.4. The van der Waals surface area contributed by atoms with Gasteiger partial charge in [0.1, 0.15) is 24.6 Å². The van der Waals surface area contributed by atoms with Crippen molar-refractivity contribution in [3.63, 3.8) is 0 Å². The van der Waals surface area contributed by atoms with Gasteiger partial charge in [0.05, 0.1) is 12.9 Å². The molecule has 148 valence electrons. The fourth-order valence-electron chi connectivity index (χ4n) is 2.65. The van der Waals surface area contributed by atoms with Gasteiger partial charge in [-0.2, -0.15) is 0 Å². The molecular formula is C14H20N5O6PS. The summed E-state index contributed by atoms with van der Waals surface area (Å²) in [5, 5.41) is 23.6. The number of hydrogen-bond donors (Lipinski definition) is 4. The summed E-state index contributed by atoms with van der Waals surface area (Å²) >= 11 is 0.664. The van der Waals surface area contributed by atoms with Crippen LogP contribution in [0, 0.1) is 0 Å². The van der Waals surface area contributed by atoms with Gasteiger partial charge in [-0.3, -0.25) is 9.09 Å². The van der Waals surface area contributed by atoms with Crippen molar-refractivity contribution in [1.29, 1.82) is 0 Å². The lowest BCUT2D eigenvalue weighted by atomic mass is 10.1. The smallest absolute Gasteiger partial charge is 0.386 e. The predicted octanol–water partition coefficient (Wildman–Crippen LogP) is 0.523. The molecule has 0 bridgehead atoms. The van der Waals surface area contributed by atoms with E-state index in [0.717, 1.165) is 0 Å². The highest BCUT2D eigenvalue weighted by Crippen LogP contribution is 2.54. The molecule has 1 unspecified atom stereocenters. The van der Waals surface area contributed by atoms with E-state index in [1.807, 2.05) is 0 Å². The van der Waals surface area contributed by atoms with E-state index in [2.05, 4.69) is 26.8 Å². The van der Waals surface area contributed by atoms with E-state index in [-0.39, 0.29) is 6.61 Å². The molecule has 0 amide bonds. The van der Waals surface area contributed by atoms with Crippen molar-refractivity contribution in [2.75, 3.05) is 24.7 Å². The zero-order valence-corrected chi connectivity index (χ0v) is 16.1. The molecule has 0 aromatic carbocycles. The molecule has 1 fully saturated rings. The van der Waals surface area contributed by atoms with Crippen LogP contribution in [-0.2, 0) is 13.8 Å². The Morgan fingerprint density at radius 1 is 1.44 bits per heavy atom. The standard InChI is InChI=1S/C14H20N5O6PS/c1-3-4-15-12-9-13(17-6-16-12)19(7-18-9)14-11(21)10(20)8(25-14)5-24-26(22,23)27-2/h3,6-8,10-11,14,20-21H,1,4-5H2,2H3,(H,22,23)(H,15,16,17)/t8-,10-,11-,14-/m1/s1. The van der Waals surface area contributed by atoms with Crippen LogP contribution in [0.4, 0.5) is 5.82 Å². The molecule has 13 heteroatoms. The summed E-state index contributed by atoms with van der Waals surface area (Å²) in [6.45, 7) is -0.0604. The molecule has 4 N–H and O–H groups in total. The minimum Gasteiger partial charge on any atom is -0.387 e. The topological polar surface area (TPSA) is 152 Å². The Labute approximate surface area is 158 Å². The molecule has 11 nitrogen and oxygen atoms in total. The third kappa shape index (κ3) is 4.16. The number of rotatable bonds is 8. The zero-order chi connectivity index (χ0) is 19.6. The molecule has 27 heavy (non-hydrogen) atoms. The molecule has 0 aliphatic carbocycles. The first-order valence-electron chi connectivity index (χ1n) is 7.95. The highest BCUT2D eigenvalue weighted by atomic mass is 32.7. The minimum absolute atomic E-state index is 0.350. The van der Waals surface area contributed by atoms with Crippen LogP contribution < -0.4 is 5.32 Å². The lowest BCUT2D eigenvalue weighted by molar-refractivity contribution is -0.0478. The average molecular weight is 417 g/mol. The first-order chi connectivity index (χ1) is 12.9. The molecule has 0 radical (unpaired) electrons. The Kier molecular flexibility index (Phi) is 6.16. The molecule has 0 spiro atoms. The third-order valence-electron chi connectivity index (χ3n) is 4.02. The van der Waals surface area contributed by atoms with Crippen LogP contribution in [0.2, 0.25) is 0 Å². The third-order valence-corrected chi connectivity index (χ3v) is 6.65. The largest absolute Gasteiger partial charge is 0.387 e. The van der Waals surface area contributed by atoms with Crippen LogP contribution in [0.15, 0.2) is 25.3 Å². The number of imidazole rings is 1. The second-order valence-corrected chi connectivity index (χ2v) is 9.75. The number of aromatic nitrogens is 4. The second-order valence-electron chi connectivity index (χ2n) is 5.71. The summed E-state index contributed by atoms with van der Waals surface area (Å²) < 4.78 is 23.6. The van der Waals surface area contributed by atoms with E-state index >= 15 is 0 Å². The quantitative estimate of drug-likeness (QED) is 0.351. The lowest BCUT2D eigenvalue weighted by Gasteiger charge is -2.17. The number of anilines is 1. The van der Waals surface area contributed by atoms with Gasteiger partial charge in [-0.15, -0.1) is 6.58 Å². The van der Waals surface area contributed by atoms with E-state index in [9.17, 15) is 19.7 Å². The number of aliphatic hydroxyl groups excluding tert-OH is 2. The van der Waals surface area contributed by atoms with Crippen molar-refractivity contribution in [2.45, 2.75) is 24.5 Å². The molecule has 2 aromatic heterocycles. The molecule has 2 aromatic rings. The Morgan fingerprint density at radius 3 is 2.93 bits per heavy atom. The molecule has 1 saturated heterocycles. The second kappa shape index (κ2) is 8.23. The minimum atomic E-state index is -3.82. The number of nitrogens with zero attached hydrogens (tertiary/aromatic N) is 4. The molecule has 1 aliphatic heterocycles. The summed E-state index contributed by atoms with van der Waals surface area (Å²) in [5.74, 6) is 0.493. The van der Waals surface area contributed by atoms with Gasteiger partial charge in [0.2, 0.25) is 0 Å². The molecule has 1 aliphatic rings. The predicted molar refractivity (Wildman–Crippen MR) is 99.2 cm³/mol. The summed E-state index contributed by atoms with van der Waals surface area (Å²) in [6.07, 6.45) is 1.26. The lowest BCUT2D eigenvalue weighted by Crippen LogP contribution is -2.33. The number of aliphatic hydroxyl groups is 2. The fraction of sp³-hybridized carbons (Fsp3) is 0.500. The average Bonchev–Trinajstić information content (AvgIpc) is 3.21. The van der Waals surface area contributed by atoms with Gasteiger partial charge in [-0.05, 0) is 17.6 Å². The van der Waals surface area contributed by atoms with E-state index in [4.69, 9.17) is 9.26 Å². The molecular weight excluding hydrogens is 397 g/mol. The van der Waals surface area contributed by atoms with Crippen molar-refractivity contribution >= 4 is 35.2 Å². The number of hydrogen-bond acceptors (Lipinski definition) is 10. The summed E-state index contributed by atoms with van der Waals surface area (Å²) in [5.41, 5.74) is 0.859. The maximum absolute atomic E-state index is 11.6. The normalized spacial score (nSPS) is 27.6. The van der Waals surface area contributed by atoms with Crippen LogP contribution in [-0.4, -0.2) is 72.3 Å². The first kappa shape index (κ1) is 20.2. The van der Waals surface area contributed by atoms with E-state index in [1.165, 1.54) is 23.5 Å². The Morgan fingerprint density at radius 2 is 2.22 bits per heavy atom. The Hall–Kier alpha value is -1.53. The van der Waals surface area contributed by atoms with Crippen LogP contribution in [0.3, 0.4) is 0 Å². The zero-order valence-electron chi connectivity index (χ0n) is 14.4. The maximum atomic E-state index is 11.6. The molecule has 0 saturated carbocycles. The molecule has 3 rings (SSSR count). The van der Waals surface area contributed by atoms with Gasteiger partial charge in [0, 0.05) is 6.54 Å². The van der Waals surface area contributed by atoms with E-state index in [0.29, 0.717) is 34.9 Å². The van der Waals surface area contributed by atoms with Crippen LogP contribution in [0.25, 0.3) is 11.2 Å². The number of ether oxygens (including phenoxy) is 1. The summed E-state index contributed by atoms with van der Waals surface area (Å²) in [7, 11) is 0. The highest BCUT2D eigenvalue weighted by molar-refractivity contribution is 8.54. The van der Waals surface area contributed by atoms with Gasteiger partial charge in [0.25, 0.3) is 0 Å². The van der Waals surface area contributed by atoms with Crippen LogP contribution in [0.1, 0.15) is 6.23 Å².